The molecule has 7 heteroatoms. The molecule has 0 radical (unpaired) electrons. The molecule has 2 aromatic heterocycles. The van der Waals surface area contributed by atoms with Crippen LogP contribution in [0.5, 0.6) is 0 Å². The van der Waals surface area contributed by atoms with Crippen LogP contribution in [0.25, 0.3) is 99.9 Å². The zero-order valence-electron chi connectivity index (χ0n) is 42.2. The SMILES string of the molecule is [C-]#[N+]c1ccc(-c2ccc3c(c2)c2cc(-c4ccc(C#N)cc4)ccc2n3-c2ccc(-c3nc(-c4ccccc4)nc(-c4ccccc4)n3)c(-c3cccc([Si](c4ccccc4)(c4ccccc4)c4ccccc4)c3)c2)cc1. The van der Waals surface area contributed by atoms with Crippen LogP contribution in [0, 0.1) is 17.9 Å². The Bertz CT molecular complexity index is 4150. The quantitative estimate of drug-likeness (QED) is 0.0735. The predicted octanol–water partition coefficient (Wildman–Crippen LogP) is 14.8. The predicted molar refractivity (Wildman–Crippen MR) is 321 cm³/mol. The Kier molecular flexibility index (Phi) is 12.3. The molecule has 0 saturated heterocycles. The van der Waals surface area contributed by atoms with Gasteiger partial charge in [0, 0.05) is 33.2 Å². The molecule has 0 N–H and O–H groups in total. The topological polar surface area (TPSA) is 71.8 Å². The molecule has 2 heterocycles. The molecule has 78 heavy (non-hydrogen) atoms. The Morgan fingerprint density at radius 3 is 1.28 bits per heavy atom. The Labute approximate surface area is 454 Å². The molecule has 0 atom stereocenters. The second-order valence-corrected chi connectivity index (χ2v) is 23.2. The van der Waals surface area contributed by atoms with Crippen LogP contribution in [0.3, 0.4) is 0 Å². The van der Waals surface area contributed by atoms with Gasteiger partial charge in [-0.1, -0.05) is 224 Å². The number of nitrogens with zero attached hydrogens (tertiary/aromatic N) is 6. The van der Waals surface area contributed by atoms with Gasteiger partial charge in [-0.25, -0.2) is 19.8 Å². The number of aromatic nitrogens is 4. The van der Waals surface area contributed by atoms with Gasteiger partial charge < -0.3 is 4.57 Å². The zero-order valence-corrected chi connectivity index (χ0v) is 43.2. The van der Waals surface area contributed by atoms with E-state index in [0.717, 1.165) is 77.6 Å². The smallest absolute Gasteiger partial charge is 0.187 e. The van der Waals surface area contributed by atoms with Crippen LogP contribution in [0.15, 0.2) is 279 Å². The van der Waals surface area contributed by atoms with Crippen LogP contribution < -0.4 is 20.7 Å². The molecule has 0 amide bonds. The van der Waals surface area contributed by atoms with Crippen molar-refractivity contribution in [3.8, 4) is 79.3 Å². The molecule has 0 aliphatic carbocycles. The third kappa shape index (κ3) is 8.53. The third-order valence-corrected chi connectivity index (χ3v) is 19.6. The first-order chi connectivity index (χ1) is 38.5. The van der Waals surface area contributed by atoms with Gasteiger partial charge in [0.1, 0.15) is 0 Å². The second-order valence-electron chi connectivity index (χ2n) is 19.3. The fourth-order valence-electron chi connectivity index (χ4n) is 11.1. The maximum absolute atomic E-state index is 9.63. The number of rotatable bonds is 11. The first kappa shape index (κ1) is 47.2. The lowest BCUT2D eigenvalue weighted by molar-refractivity contribution is 1.07. The summed E-state index contributed by atoms with van der Waals surface area (Å²) in [5.41, 5.74) is 13.1. The standard InChI is InChI=1S/C71H46N6Si/c1-73-57-38-34-51(35-39-57)55-37-43-68-66(46-55)65-45-54(50-32-30-49(48-72)31-33-50)36-42-67(65)77(68)58-40-41-63(71-75-69(52-18-7-2-8-19-52)74-70(76-71)53-20-9-3-10-21-53)64(47-58)56-22-17-29-62(44-56)78(59-23-11-4-12-24-59,60-25-13-5-14-26-60)61-27-15-6-16-28-61/h2-47H. The van der Waals surface area contributed by atoms with Crippen molar-refractivity contribution in [2.45, 2.75) is 0 Å². The lowest BCUT2D eigenvalue weighted by atomic mass is 9.98. The van der Waals surface area contributed by atoms with E-state index in [4.69, 9.17) is 21.5 Å². The minimum absolute atomic E-state index is 0.565. The molecule has 364 valence electrons. The van der Waals surface area contributed by atoms with Gasteiger partial charge in [-0.05, 0) is 109 Å². The first-order valence-corrected chi connectivity index (χ1v) is 27.9. The lowest BCUT2D eigenvalue weighted by Crippen LogP contribution is -2.74. The largest absolute Gasteiger partial charge is 0.309 e. The third-order valence-electron chi connectivity index (χ3n) is 14.9. The van der Waals surface area contributed by atoms with Crippen molar-refractivity contribution in [3.05, 3.63) is 296 Å². The van der Waals surface area contributed by atoms with E-state index >= 15 is 0 Å². The van der Waals surface area contributed by atoms with Gasteiger partial charge >= 0.3 is 0 Å². The van der Waals surface area contributed by atoms with E-state index in [0.29, 0.717) is 28.7 Å². The molecular weight excluding hydrogens is 965 g/mol. The fraction of sp³-hybridized carbons (Fsp3) is 0. The highest BCUT2D eigenvalue weighted by Crippen LogP contribution is 2.40. The van der Waals surface area contributed by atoms with Crippen LogP contribution in [0.2, 0.25) is 0 Å². The molecule has 13 rings (SSSR count). The van der Waals surface area contributed by atoms with Gasteiger partial charge in [0.15, 0.2) is 31.2 Å². The van der Waals surface area contributed by atoms with Gasteiger partial charge in [0.25, 0.3) is 0 Å². The van der Waals surface area contributed by atoms with Gasteiger partial charge in [0.2, 0.25) is 0 Å². The van der Waals surface area contributed by atoms with Crippen molar-refractivity contribution in [1.82, 2.24) is 19.5 Å². The van der Waals surface area contributed by atoms with Crippen LogP contribution >= 0.6 is 0 Å². The Morgan fingerprint density at radius 2 is 0.795 bits per heavy atom. The van der Waals surface area contributed by atoms with Crippen LogP contribution in [-0.2, 0) is 0 Å². The highest BCUT2D eigenvalue weighted by atomic mass is 28.3. The molecule has 0 unspecified atom stereocenters. The number of nitriles is 1. The van der Waals surface area contributed by atoms with E-state index in [1.54, 1.807) is 0 Å². The average Bonchev–Trinajstić information content (AvgIpc) is 3.89. The van der Waals surface area contributed by atoms with E-state index in [1.807, 2.05) is 109 Å². The summed E-state index contributed by atoms with van der Waals surface area (Å²) >= 11 is 0. The van der Waals surface area contributed by atoms with Gasteiger partial charge in [0.05, 0.1) is 29.2 Å². The van der Waals surface area contributed by atoms with E-state index in [9.17, 15) is 5.26 Å². The monoisotopic (exact) mass is 1010 g/mol. The normalized spacial score (nSPS) is 11.3. The summed E-state index contributed by atoms with van der Waals surface area (Å²) in [7, 11) is -2.96. The molecule has 0 aliphatic heterocycles. The fourth-order valence-corrected chi connectivity index (χ4v) is 15.9. The molecule has 0 saturated carbocycles. The number of hydrogen-bond donors (Lipinski definition) is 0. The Morgan fingerprint density at radius 1 is 0.359 bits per heavy atom. The van der Waals surface area contributed by atoms with E-state index in [1.165, 1.54) is 20.7 Å². The van der Waals surface area contributed by atoms with Crippen molar-refractivity contribution < 1.29 is 0 Å². The number of benzene rings is 11. The maximum atomic E-state index is 9.63. The first-order valence-electron chi connectivity index (χ1n) is 25.9. The highest BCUT2D eigenvalue weighted by Gasteiger charge is 2.41. The van der Waals surface area contributed by atoms with Gasteiger partial charge in [-0.15, -0.1) is 0 Å². The molecule has 0 spiro atoms. The Balaban J connectivity index is 1.09. The maximum Gasteiger partial charge on any atom is 0.187 e. The van der Waals surface area contributed by atoms with Gasteiger partial charge in [-0.2, -0.15) is 5.26 Å². The summed E-state index contributed by atoms with van der Waals surface area (Å²) in [4.78, 5) is 19.4. The molecular formula is C71H46N6Si. The average molecular weight is 1010 g/mol. The number of fused-ring (bicyclic) bond motifs is 3. The molecule has 0 aliphatic rings. The molecule has 0 bridgehead atoms. The lowest BCUT2D eigenvalue weighted by Gasteiger charge is -2.34. The van der Waals surface area contributed by atoms with Crippen molar-refractivity contribution in [2.24, 2.45) is 0 Å². The van der Waals surface area contributed by atoms with E-state index in [2.05, 4.69) is 185 Å². The summed E-state index contributed by atoms with van der Waals surface area (Å²) in [6, 6.07) is 100. The van der Waals surface area contributed by atoms with Gasteiger partial charge in [-0.3, -0.25) is 0 Å². The molecule has 6 nitrogen and oxygen atoms in total. The summed E-state index contributed by atoms with van der Waals surface area (Å²) in [5.74, 6) is 1.74. The van der Waals surface area contributed by atoms with Crippen molar-refractivity contribution in [1.29, 1.82) is 5.26 Å². The number of hydrogen-bond acceptors (Lipinski definition) is 4. The van der Waals surface area contributed by atoms with Crippen molar-refractivity contribution in [3.63, 3.8) is 0 Å². The van der Waals surface area contributed by atoms with Crippen LogP contribution in [-0.4, -0.2) is 27.6 Å². The van der Waals surface area contributed by atoms with E-state index in [-0.39, 0.29) is 0 Å². The molecule has 13 aromatic rings. The van der Waals surface area contributed by atoms with Crippen LogP contribution in [0.4, 0.5) is 5.69 Å². The minimum atomic E-state index is -2.96. The zero-order chi connectivity index (χ0) is 52.4. The molecule has 11 aromatic carbocycles. The second kappa shape index (κ2) is 20.3. The van der Waals surface area contributed by atoms with E-state index < -0.39 is 8.07 Å². The molecule has 0 fully saturated rings. The summed E-state index contributed by atoms with van der Waals surface area (Å²) < 4.78 is 2.37. The van der Waals surface area contributed by atoms with Crippen molar-refractivity contribution in [2.75, 3.05) is 0 Å². The van der Waals surface area contributed by atoms with Crippen LogP contribution in [0.1, 0.15) is 5.56 Å². The highest BCUT2D eigenvalue weighted by molar-refractivity contribution is 7.19. The summed E-state index contributed by atoms with van der Waals surface area (Å²) in [6.45, 7) is 7.58. The minimum Gasteiger partial charge on any atom is -0.309 e. The summed E-state index contributed by atoms with van der Waals surface area (Å²) in [5, 5.41) is 16.9. The Hall–Kier alpha value is -10.6. The summed E-state index contributed by atoms with van der Waals surface area (Å²) in [6.07, 6.45) is 0. The van der Waals surface area contributed by atoms with Crippen molar-refractivity contribution >= 4 is 56.3 Å².